The molecule has 0 saturated carbocycles. The van der Waals surface area contributed by atoms with Gasteiger partial charge < -0.3 is 23.9 Å². The minimum atomic E-state index is -1.18. The number of hydrogen-bond acceptors (Lipinski definition) is 4. The highest BCUT2D eigenvalue weighted by Gasteiger charge is 2.19. The molecule has 0 N–H and O–H groups in total. The van der Waals surface area contributed by atoms with E-state index in [0.29, 0.717) is 0 Å². The maximum absolute atomic E-state index is 9.36. The quantitative estimate of drug-likeness (QED) is 0.442. The number of carbonyl (C=O) groups is 1. The Balaban J connectivity index is 0. The average molecular weight is 277 g/mol. The second-order valence-electron chi connectivity index (χ2n) is 4.85. The van der Waals surface area contributed by atoms with Gasteiger partial charge >= 0.3 is 0 Å². The van der Waals surface area contributed by atoms with Crippen molar-refractivity contribution in [3.05, 3.63) is 0 Å². The highest BCUT2D eigenvalue weighted by molar-refractivity contribution is 5.65. The van der Waals surface area contributed by atoms with Crippen molar-refractivity contribution in [3.8, 4) is 0 Å². The van der Waals surface area contributed by atoms with Gasteiger partial charge in [-0.2, -0.15) is 0 Å². The first kappa shape index (κ1) is 20.7. The fraction of sp³-hybridized carbons (Fsp3) is 0.929. The van der Waals surface area contributed by atoms with Gasteiger partial charge in [0.15, 0.2) is 6.73 Å². The molecule has 0 saturated heterocycles. The number of aliphatic carboxylic acids is 1. The van der Waals surface area contributed by atoms with Crippen LogP contribution in [0.1, 0.15) is 40.0 Å². The Labute approximate surface area is 118 Å². The SMILES string of the molecule is CCCC[N+](C)(CCC)COCC.COCC(=O)[O-]. The van der Waals surface area contributed by atoms with E-state index < -0.39 is 5.97 Å². The van der Waals surface area contributed by atoms with Crippen molar-refractivity contribution in [2.24, 2.45) is 0 Å². The lowest BCUT2D eigenvalue weighted by Crippen LogP contribution is -2.47. The molecule has 0 heterocycles. The minimum Gasteiger partial charge on any atom is -0.548 e. The molecule has 0 rings (SSSR count). The molecule has 0 radical (unpaired) electrons. The van der Waals surface area contributed by atoms with Gasteiger partial charge in [-0.1, -0.05) is 20.3 Å². The predicted octanol–water partition coefficient (Wildman–Crippen LogP) is 1.02. The van der Waals surface area contributed by atoms with E-state index in [4.69, 9.17) is 4.74 Å². The van der Waals surface area contributed by atoms with Crippen LogP contribution in [0.15, 0.2) is 0 Å². The molecule has 0 aliphatic rings. The number of unbranched alkanes of at least 4 members (excludes halogenated alkanes) is 1. The van der Waals surface area contributed by atoms with Crippen LogP contribution < -0.4 is 5.11 Å². The van der Waals surface area contributed by atoms with Crippen LogP contribution in [0.25, 0.3) is 0 Å². The summed E-state index contributed by atoms with van der Waals surface area (Å²) in [4.78, 5) is 9.36. The van der Waals surface area contributed by atoms with E-state index in [1.807, 2.05) is 0 Å². The van der Waals surface area contributed by atoms with Crippen LogP contribution >= 0.6 is 0 Å². The number of quaternary nitrogens is 1. The van der Waals surface area contributed by atoms with Crippen LogP contribution in [0, 0.1) is 0 Å². The molecule has 1 unspecified atom stereocenters. The summed E-state index contributed by atoms with van der Waals surface area (Å²) in [6.45, 7) is 10.4. The average Bonchev–Trinajstić information content (AvgIpc) is 2.35. The molecule has 0 aromatic heterocycles. The number of carbonyl (C=O) groups excluding carboxylic acids is 1. The van der Waals surface area contributed by atoms with Crippen molar-refractivity contribution in [3.63, 3.8) is 0 Å². The number of methoxy groups -OCH3 is 1. The highest BCUT2D eigenvalue weighted by atomic mass is 16.5. The topological polar surface area (TPSA) is 58.6 Å². The fourth-order valence-electron chi connectivity index (χ4n) is 1.75. The van der Waals surface area contributed by atoms with Gasteiger partial charge in [0.25, 0.3) is 0 Å². The number of ether oxygens (including phenoxy) is 2. The van der Waals surface area contributed by atoms with Gasteiger partial charge in [-0.25, -0.2) is 0 Å². The Morgan fingerprint density at radius 1 is 1.16 bits per heavy atom. The molecule has 0 aromatic carbocycles. The third kappa shape index (κ3) is 15.3. The van der Waals surface area contributed by atoms with Crippen molar-refractivity contribution in [2.45, 2.75) is 40.0 Å². The van der Waals surface area contributed by atoms with E-state index in [2.05, 4.69) is 32.6 Å². The lowest BCUT2D eigenvalue weighted by molar-refractivity contribution is -0.928. The molecular formula is C14H31NO4. The molecule has 0 aliphatic heterocycles. The number of rotatable bonds is 10. The van der Waals surface area contributed by atoms with E-state index in [1.54, 1.807) is 0 Å². The third-order valence-electron chi connectivity index (χ3n) is 2.68. The summed E-state index contributed by atoms with van der Waals surface area (Å²) in [5.74, 6) is -1.18. The predicted molar refractivity (Wildman–Crippen MR) is 74.5 cm³/mol. The largest absolute Gasteiger partial charge is 0.548 e. The molecule has 0 aromatic rings. The van der Waals surface area contributed by atoms with Crippen molar-refractivity contribution in [1.82, 2.24) is 0 Å². The molecule has 5 nitrogen and oxygen atoms in total. The van der Waals surface area contributed by atoms with Gasteiger partial charge in [0, 0.05) is 13.7 Å². The van der Waals surface area contributed by atoms with Crippen LogP contribution in [0.5, 0.6) is 0 Å². The first-order valence-electron chi connectivity index (χ1n) is 7.05. The molecule has 116 valence electrons. The van der Waals surface area contributed by atoms with Gasteiger partial charge in [-0.15, -0.1) is 0 Å². The normalized spacial score (nSPS) is 13.3. The van der Waals surface area contributed by atoms with Crippen LogP contribution in [-0.2, 0) is 14.3 Å². The molecule has 0 bridgehead atoms. The van der Waals surface area contributed by atoms with Gasteiger partial charge in [-0.05, 0) is 19.8 Å². The van der Waals surface area contributed by atoms with Crippen molar-refractivity contribution >= 4 is 5.97 Å². The maximum Gasteiger partial charge on any atom is 0.182 e. The number of carboxylic acid groups (broad SMARTS) is 1. The zero-order valence-corrected chi connectivity index (χ0v) is 13.2. The lowest BCUT2D eigenvalue weighted by Gasteiger charge is -2.33. The summed E-state index contributed by atoms with van der Waals surface area (Å²) in [6, 6.07) is 0. The minimum absolute atomic E-state index is 0.319. The number of hydrogen-bond donors (Lipinski definition) is 0. The number of nitrogens with zero attached hydrogens (tertiary/aromatic N) is 1. The van der Waals surface area contributed by atoms with E-state index in [-0.39, 0.29) is 6.61 Å². The Bertz CT molecular complexity index is 202. The van der Waals surface area contributed by atoms with Crippen LogP contribution in [0.4, 0.5) is 0 Å². The first-order chi connectivity index (χ1) is 8.95. The smallest absolute Gasteiger partial charge is 0.182 e. The molecular weight excluding hydrogens is 246 g/mol. The van der Waals surface area contributed by atoms with Gasteiger partial charge in [0.2, 0.25) is 0 Å². The van der Waals surface area contributed by atoms with Crippen LogP contribution in [0.2, 0.25) is 0 Å². The summed E-state index contributed by atoms with van der Waals surface area (Å²) in [5.41, 5.74) is 0. The Morgan fingerprint density at radius 3 is 2.11 bits per heavy atom. The zero-order valence-electron chi connectivity index (χ0n) is 13.2. The fourth-order valence-corrected chi connectivity index (χ4v) is 1.75. The molecule has 1 atom stereocenters. The van der Waals surface area contributed by atoms with E-state index in [1.165, 1.54) is 39.5 Å². The second kappa shape index (κ2) is 13.8. The van der Waals surface area contributed by atoms with E-state index in [0.717, 1.165) is 17.8 Å². The molecule has 0 amide bonds. The van der Waals surface area contributed by atoms with E-state index in [9.17, 15) is 9.90 Å². The zero-order chi connectivity index (χ0) is 15.1. The van der Waals surface area contributed by atoms with Gasteiger partial charge in [0.05, 0.1) is 32.7 Å². The summed E-state index contributed by atoms with van der Waals surface area (Å²) >= 11 is 0. The van der Waals surface area contributed by atoms with Gasteiger partial charge in [-0.3, -0.25) is 0 Å². The highest BCUT2D eigenvalue weighted by Crippen LogP contribution is 2.07. The summed E-state index contributed by atoms with van der Waals surface area (Å²) in [7, 11) is 3.60. The lowest BCUT2D eigenvalue weighted by atomic mass is 10.2. The van der Waals surface area contributed by atoms with E-state index >= 15 is 0 Å². The van der Waals surface area contributed by atoms with Crippen molar-refractivity contribution in [2.75, 3.05) is 47.2 Å². The Hall–Kier alpha value is -0.650. The summed E-state index contributed by atoms with van der Waals surface area (Å²) < 4.78 is 10.7. The molecule has 0 spiro atoms. The summed E-state index contributed by atoms with van der Waals surface area (Å²) in [6.07, 6.45) is 3.83. The monoisotopic (exact) mass is 277 g/mol. The standard InChI is InChI=1S/C11H26NO.C3H6O3/c1-5-8-10-12(4,9-6-2)11-13-7-3;1-6-2-3(4)5/h5-11H2,1-4H3;2H2,1H3,(H,4,5)/q+1;/p-1. The van der Waals surface area contributed by atoms with Crippen molar-refractivity contribution in [1.29, 1.82) is 0 Å². The Morgan fingerprint density at radius 2 is 1.79 bits per heavy atom. The molecule has 5 heteroatoms. The van der Waals surface area contributed by atoms with Crippen molar-refractivity contribution < 1.29 is 23.9 Å². The molecule has 0 fully saturated rings. The molecule has 19 heavy (non-hydrogen) atoms. The maximum atomic E-state index is 9.36. The second-order valence-corrected chi connectivity index (χ2v) is 4.85. The summed E-state index contributed by atoms with van der Waals surface area (Å²) in [5, 5.41) is 9.36. The Kier molecular flexibility index (Phi) is 15.0. The van der Waals surface area contributed by atoms with Gasteiger partial charge in [0.1, 0.15) is 0 Å². The van der Waals surface area contributed by atoms with Crippen LogP contribution in [0.3, 0.4) is 0 Å². The van der Waals surface area contributed by atoms with Crippen LogP contribution in [-0.4, -0.2) is 57.6 Å². The first-order valence-corrected chi connectivity index (χ1v) is 7.05. The molecule has 0 aliphatic carbocycles. The third-order valence-corrected chi connectivity index (χ3v) is 2.68. The number of carboxylic acids is 1.